The highest BCUT2D eigenvalue weighted by Gasteiger charge is 2.55. The van der Waals surface area contributed by atoms with E-state index in [9.17, 15) is 0 Å². The molecule has 3 aliphatic carbocycles. The Bertz CT molecular complexity index is 569. The Balaban J connectivity index is 1.79. The summed E-state index contributed by atoms with van der Waals surface area (Å²) in [5, 5.41) is 1.62. The average Bonchev–Trinajstić information content (AvgIpc) is 2.48. The zero-order valence-corrected chi connectivity index (χ0v) is 15.2. The van der Waals surface area contributed by atoms with Crippen LogP contribution in [-0.2, 0) is 0 Å². The Labute approximate surface area is 131 Å². The first-order valence-corrected chi connectivity index (χ1v) is 11.5. The molecule has 2 bridgehead atoms. The SMILES string of the molecule is CC#Cc1ccc([Si](C)(C)C2C[C@@H]3C[C@H](C2)C3(C)C)cc1. The summed E-state index contributed by atoms with van der Waals surface area (Å²) in [6, 6.07) is 9.15. The number of rotatable bonds is 2. The van der Waals surface area contributed by atoms with E-state index in [1.165, 1.54) is 19.3 Å². The lowest BCUT2D eigenvalue weighted by Crippen LogP contribution is -2.56. The van der Waals surface area contributed by atoms with Crippen LogP contribution in [0.15, 0.2) is 24.3 Å². The van der Waals surface area contributed by atoms with Crippen molar-refractivity contribution in [3.63, 3.8) is 0 Å². The first-order chi connectivity index (χ1) is 9.85. The van der Waals surface area contributed by atoms with E-state index in [0.29, 0.717) is 5.41 Å². The van der Waals surface area contributed by atoms with Crippen LogP contribution < -0.4 is 5.19 Å². The van der Waals surface area contributed by atoms with E-state index in [2.05, 4.69) is 63.0 Å². The van der Waals surface area contributed by atoms with Crippen molar-refractivity contribution in [1.29, 1.82) is 0 Å². The van der Waals surface area contributed by atoms with E-state index in [1.54, 1.807) is 5.19 Å². The summed E-state index contributed by atoms with van der Waals surface area (Å²) in [6.07, 6.45) is 4.44. The van der Waals surface area contributed by atoms with Crippen molar-refractivity contribution in [3.05, 3.63) is 29.8 Å². The second-order valence-corrected chi connectivity index (χ2v) is 13.1. The lowest BCUT2D eigenvalue weighted by Gasteiger charge is -2.61. The maximum atomic E-state index is 3.16. The fourth-order valence-electron chi connectivity index (χ4n) is 4.66. The summed E-state index contributed by atoms with van der Waals surface area (Å²) in [7, 11) is -1.35. The Morgan fingerprint density at radius 2 is 1.57 bits per heavy atom. The van der Waals surface area contributed by atoms with Crippen molar-refractivity contribution in [2.75, 3.05) is 0 Å². The van der Waals surface area contributed by atoms with E-state index < -0.39 is 8.07 Å². The van der Waals surface area contributed by atoms with Gasteiger partial charge in [-0.15, -0.1) is 5.92 Å². The van der Waals surface area contributed by atoms with Gasteiger partial charge in [0.15, 0.2) is 0 Å². The maximum Gasteiger partial charge on any atom is 0.0837 e. The normalized spacial score (nSPS) is 30.0. The summed E-state index contributed by atoms with van der Waals surface area (Å²) < 4.78 is 0. The van der Waals surface area contributed by atoms with Crippen molar-refractivity contribution < 1.29 is 0 Å². The smallest absolute Gasteiger partial charge is 0.0837 e. The van der Waals surface area contributed by atoms with Crippen LogP contribution >= 0.6 is 0 Å². The van der Waals surface area contributed by atoms with Crippen molar-refractivity contribution >= 4 is 13.3 Å². The number of hydrogen-bond donors (Lipinski definition) is 0. The zero-order valence-electron chi connectivity index (χ0n) is 14.2. The fraction of sp³-hybridized carbons (Fsp3) is 0.600. The predicted octanol–water partition coefficient (Wildman–Crippen LogP) is 4.80. The van der Waals surface area contributed by atoms with Gasteiger partial charge < -0.3 is 0 Å². The molecule has 0 saturated heterocycles. The Morgan fingerprint density at radius 3 is 2.05 bits per heavy atom. The van der Waals surface area contributed by atoms with Crippen LogP contribution in [0.1, 0.15) is 45.6 Å². The Morgan fingerprint density at radius 1 is 1.00 bits per heavy atom. The molecule has 0 nitrogen and oxygen atoms in total. The van der Waals surface area contributed by atoms with Gasteiger partial charge in [-0.3, -0.25) is 0 Å². The average molecular weight is 297 g/mol. The fourth-order valence-corrected chi connectivity index (χ4v) is 7.90. The topological polar surface area (TPSA) is 0 Å². The highest BCUT2D eigenvalue weighted by molar-refractivity contribution is 6.91. The van der Waals surface area contributed by atoms with Gasteiger partial charge in [-0.25, -0.2) is 0 Å². The van der Waals surface area contributed by atoms with Gasteiger partial charge >= 0.3 is 0 Å². The summed E-state index contributed by atoms with van der Waals surface area (Å²) in [4.78, 5) is 0. The molecule has 0 aromatic heterocycles. The van der Waals surface area contributed by atoms with E-state index in [1.807, 2.05) is 6.92 Å². The molecule has 0 aliphatic heterocycles. The molecule has 3 saturated carbocycles. The molecule has 21 heavy (non-hydrogen) atoms. The summed E-state index contributed by atoms with van der Waals surface area (Å²) in [6.45, 7) is 12.1. The highest BCUT2D eigenvalue weighted by Crippen LogP contribution is 2.63. The van der Waals surface area contributed by atoms with Crippen molar-refractivity contribution in [3.8, 4) is 11.8 Å². The molecule has 0 radical (unpaired) electrons. The highest BCUT2D eigenvalue weighted by atomic mass is 28.3. The Kier molecular flexibility index (Phi) is 3.57. The number of fused-ring (bicyclic) bond motifs is 2. The first kappa shape index (κ1) is 14.9. The molecule has 3 aliphatic rings. The van der Waals surface area contributed by atoms with E-state index in [0.717, 1.165) is 22.9 Å². The van der Waals surface area contributed by atoms with Crippen LogP contribution in [0.2, 0.25) is 18.6 Å². The molecule has 0 heterocycles. The monoisotopic (exact) mass is 296 g/mol. The molecular weight excluding hydrogens is 268 g/mol. The second kappa shape index (κ2) is 5.02. The van der Waals surface area contributed by atoms with Crippen LogP contribution in [0.25, 0.3) is 0 Å². The molecule has 0 N–H and O–H groups in total. The minimum atomic E-state index is -1.35. The van der Waals surface area contributed by atoms with E-state index in [-0.39, 0.29) is 0 Å². The van der Waals surface area contributed by atoms with E-state index >= 15 is 0 Å². The lowest BCUT2D eigenvalue weighted by molar-refractivity contribution is -0.0653. The first-order valence-electron chi connectivity index (χ1n) is 8.39. The summed E-state index contributed by atoms with van der Waals surface area (Å²) >= 11 is 0. The van der Waals surface area contributed by atoms with Gasteiger partial charge in [0.25, 0.3) is 0 Å². The molecule has 0 amide bonds. The number of benzene rings is 1. The quantitative estimate of drug-likeness (QED) is 0.543. The summed E-state index contributed by atoms with van der Waals surface area (Å²) in [5.74, 6) is 8.11. The molecule has 3 fully saturated rings. The second-order valence-electron chi connectivity index (χ2n) is 8.29. The minimum absolute atomic E-state index is 0.627. The molecule has 1 unspecified atom stereocenters. The minimum Gasteiger partial charge on any atom is -0.101 e. The van der Waals surface area contributed by atoms with Gasteiger partial charge in [0.05, 0.1) is 8.07 Å². The predicted molar refractivity (Wildman–Crippen MR) is 94.5 cm³/mol. The molecule has 112 valence electrons. The van der Waals surface area contributed by atoms with Gasteiger partial charge in [-0.05, 0) is 61.1 Å². The van der Waals surface area contributed by atoms with Crippen LogP contribution in [0, 0.1) is 29.1 Å². The third kappa shape index (κ3) is 2.38. The van der Waals surface area contributed by atoms with E-state index in [4.69, 9.17) is 0 Å². The molecule has 1 aromatic carbocycles. The molecule has 3 atom stereocenters. The molecular formula is C20H28Si. The van der Waals surface area contributed by atoms with Crippen molar-refractivity contribution in [2.45, 2.75) is 58.7 Å². The standard InChI is InChI=1S/C20H28Si/c1-6-7-15-8-10-18(11-9-15)21(4,5)19-13-16-12-17(14-19)20(16,2)3/h8-11,16-17,19H,12-14H2,1-5H3/t16-,17+,19?. The molecule has 1 heteroatoms. The Hall–Kier alpha value is -1.00. The largest absolute Gasteiger partial charge is 0.101 e. The zero-order chi connectivity index (χ0) is 15.3. The van der Waals surface area contributed by atoms with Gasteiger partial charge in [0.1, 0.15) is 0 Å². The molecule has 1 aromatic rings. The maximum absolute atomic E-state index is 3.16. The van der Waals surface area contributed by atoms with Gasteiger partial charge in [-0.1, -0.05) is 50.2 Å². The summed E-state index contributed by atoms with van der Waals surface area (Å²) in [5.41, 5.74) is 2.75. The van der Waals surface area contributed by atoms with Gasteiger partial charge in [-0.2, -0.15) is 0 Å². The lowest BCUT2D eigenvalue weighted by atomic mass is 9.49. The van der Waals surface area contributed by atoms with Crippen LogP contribution in [0.3, 0.4) is 0 Å². The van der Waals surface area contributed by atoms with Crippen molar-refractivity contribution in [1.82, 2.24) is 0 Å². The van der Waals surface area contributed by atoms with Crippen LogP contribution in [-0.4, -0.2) is 8.07 Å². The molecule has 4 rings (SSSR count). The third-order valence-corrected chi connectivity index (χ3v) is 11.1. The molecule has 0 spiro atoms. The van der Waals surface area contributed by atoms with Gasteiger partial charge in [0.2, 0.25) is 0 Å². The van der Waals surface area contributed by atoms with Gasteiger partial charge in [0, 0.05) is 5.56 Å². The van der Waals surface area contributed by atoms with Crippen molar-refractivity contribution in [2.24, 2.45) is 17.3 Å². The van der Waals surface area contributed by atoms with Crippen LogP contribution in [0.4, 0.5) is 0 Å². The van der Waals surface area contributed by atoms with Crippen LogP contribution in [0.5, 0.6) is 0 Å². The number of hydrogen-bond acceptors (Lipinski definition) is 0. The third-order valence-electron chi connectivity index (χ3n) is 6.73.